The van der Waals surface area contributed by atoms with E-state index in [2.05, 4.69) is 15.5 Å². The molecular weight excluding hydrogens is 182 g/mol. The maximum Gasteiger partial charge on any atom is 0.236 e. The van der Waals surface area contributed by atoms with Crippen molar-refractivity contribution in [3.05, 3.63) is 11.6 Å². The van der Waals surface area contributed by atoms with Gasteiger partial charge in [-0.25, -0.2) is 0 Å². The van der Waals surface area contributed by atoms with Gasteiger partial charge in [-0.15, -0.1) is 10.2 Å². The molecule has 0 unspecified atom stereocenters. The number of nitrogens with one attached hydrogen (secondary N) is 1. The van der Waals surface area contributed by atoms with E-state index in [0.717, 1.165) is 18.5 Å². The first-order chi connectivity index (χ1) is 6.81. The minimum Gasteiger partial charge on any atom is -0.480 e. The van der Waals surface area contributed by atoms with Gasteiger partial charge in [0.1, 0.15) is 0 Å². The summed E-state index contributed by atoms with van der Waals surface area (Å²) in [5.41, 5.74) is 0.994. The van der Waals surface area contributed by atoms with E-state index in [1.165, 1.54) is 0 Å². The first-order valence-corrected chi connectivity index (χ1v) is 4.41. The van der Waals surface area contributed by atoms with Crippen LogP contribution in [-0.2, 0) is 6.42 Å². The second kappa shape index (κ2) is 5.39. The van der Waals surface area contributed by atoms with Crippen LogP contribution >= 0.6 is 0 Å². The summed E-state index contributed by atoms with van der Waals surface area (Å²) in [4.78, 5) is 0. The van der Waals surface area contributed by atoms with E-state index in [-0.39, 0.29) is 0 Å². The van der Waals surface area contributed by atoms with Gasteiger partial charge in [-0.05, 0) is 20.0 Å². The van der Waals surface area contributed by atoms with Gasteiger partial charge in [-0.1, -0.05) is 0 Å². The first kappa shape index (κ1) is 10.7. The molecule has 14 heavy (non-hydrogen) atoms. The zero-order chi connectivity index (χ0) is 10.4. The second-order valence-electron chi connectivity index (χ2n) is 2.77. The molecule has 0 spiro atoms. The summed E-state index contributed by atoms with van der Waals surface area (Å²) < 4.78 is 10.1. The topological polar surface area (TPSA) is 56.3 Å². The highest BCUT2D eigenvalue weighted by Crippen LogP contribution is 2.18. The fourth-order valence-electron chi connectivity index (χ4n) is 1.11. The molecule has 1 N–H and O–H groups in total. The van der Waals surface area contributed by atoms with Crippen LogP contribution in [0.3, 0.4) is 0 Å². The molecule has 0 bridgehead atoms. The summed E-state index contributed by atoms with van der Waals surface area (Å²) in [5, 5.41) is 10.8. The second-order valence-corrected chi connectivity index (χ2v) is 2.77. The predicted molar refractivity (Wildman–Crippen MR) is 52.8 cm³/mol. The third-order valence-corrected chi connectivity index (χ3v) is 1.86. The summed E-state index contributed by atoms with van der Waals surface area (Å²) in [6, 6.07) is 1.84. The minimum atomic E-state index is 0.511. The van der Waals surface area contributed by atoms with E-state index in [1.807, 2.05) is 13.1 Å². The van der Waals surface area contributed by atoms with Crippen molar-refractivity contribution in [3.63, 3.8) is 0 Å². The van der Waals surface area contributed by atoms with E-state index < -0.39 is 0 Å². The Morgan fingerprint density at radius 1 is 1.29 bits per heavy atom. The van der Waals surface area contributed by atoms with Crippen molar-refractivity contribution in [2.24, 2.45) is 0 Å². The molecule has 0 aliphatic heterocycles. The van der Waals surface area contributed by atoms with Crippen molar-refractivity contribution in [2.75, 3.05) is 27.8 Å². The van der Waals surface area contributed by atoms with Crippen LogP contribution in [0.1, 0.15) is 5.56 Å². The third kappa shape index (κ3) is 2.56. The SMILES string of the molecule is CNCCc1cc(OC)nnc1OC. The van der Waals surface area contributed by atoms with Crippen LogP contribution in [0.2, 0.25) is 0 Å². The average molecular weight is 197 g/mol. The lowest BCUT2D eigenvalue weighted by atomic mass is 10.2. The Hall–Kier alpha value is -1.36. The lowest BCUT2D eigenvalue weighted by Crippen LogP contribution is -2.11. The van der Waals surface area contributed by atoms with E-state index in [1.54, 1.807) is 14.2 Å². The number of hydrogen-bond donors (Lipinski definition) is 1. The maximum atomic E-state index is 5.08. The smallest absolute Gasteiger partial charge is 0.236 e. The van der Waals surface area contributed by atoms with Crippen LogP contribution in [0.15, 0.2) is 6.07 Å². The molecule has 1 aromatic heterocycles. The standard InChI is InChI=1S/C9H15N3O2/c1-10-5-4-7-6-8(13-2)11-12-9(7)14-3/h6,10H,4-5H2,1-3H3. The quantitative estimate of drug-likeness (QED) is 0.733. The number of methoxy groups -OCH3 is 2. The van der Waals surface area contributed by atoms with Crippen molar-refractivity contribution in [1.82, 2.24) is 15.5 Å². The van der Waals surface area contributed by atoms with Crippen molar-refractivity contribution in [3.8, 4) is 11.8 Å². The Morgan fingerprint density at radius 3 is 2.64 bits per heavy atom. The lowest BCUT2D eigenvalue weighted by Gasteiger charge is -2.07. The predicted octanol–water partition coefficient (Wildman–Crippen LogP) is 0.256. The molecule has 0 aliphatic rings. The minimum absolute atomic E-state index is 0.511. The molecule has 1 heterocycles. The van der Waals surface area contributed by atoms with Crippen molar-refractivity contribution < 1.29 is 9.47 Å². The molecule has 0 radical (unpaired) electrons. The Kier molecular flexibility index (Phi) is 4.12. The average Bonchev–Trinajstić information content (AvgIpc) is 2.25. The van der Waals surface area contributed by atoms with Gasteiger partial charge in [0, 0.05) is 11.6 Å². The summed E-state index contributed by atoms with van der Waals surface area (Å²) in [6.07, 6.45) is 0.839. The number of aromatic nitrogens is 2. The van der Waals surface area contributed by atoms with Gasteiger partial charge >= 0.3 is 0 Å². The highest BCUT2D eigenvalue weighted by molar-refractivity contribution is 5.29. The Labute approximate surface area is 83.4 Å². The highest BCUT2D eigenvalue weighted by Gasteiger charge is 2.06. The number of ether oxygens (including phenoxy) is 2. The highest BCUT2D eigenvalue weighted by atomic mass is 16.5. The number of likely N-dealkylation sites (N-methyl/N-ethyl adjacent to an activating group) is 1. The molecule has 0 atom stereocenters. The molecule has 1 rings (SSSR count). The van der Waals surface area contributed by atoms with Crippen LogP contribution in [0.4, 0.5) is 0 Å². The molecule has 0 fully saturated rings. The zero-order valence-electron chi connectivity index (χ0n) is 8.70. The summed E-state index contributed by atoms with van der Waals surface area (Å²) in [5.74, 6) is 1.07. The van der Waals surface area contributed by atoms with Gasteiger partial charge in [-0.2, -0.15) is 0 Å². The lowest BCUT2D eigenvalue weighted by molar-refractivity contribution is 0.362. The molecule has 0 amide bonds. The zero-order valence-corrected chi connectivity index (χ0v) is 8.70. The number of rotatable bonds is 5. The number of nitrogens with zero attached hydrogens (tertiary/aromatic N) is 2. The first-order valence-electron chi connectivity index (χ1n) is 4.41. The molecule has 0 saturated heterocycles. The van der Waals surface area contributed by atoms with Gasteiger partial charge in [-0.3, -0.25) is 0 Å². The summed E-state index contributed by atoms with van der Waals surface area (Å²) in [7, 11) is 5.05. The fourth-order valence-corrected chi connectivity index (χ4v) is 1.11. The van der Waals surface area contributed by atoms with Crippen LogP contribution in [0.25, 0.3) is 0 Å². The molecule has 5 heteroatoms. The Morgan fingerprint density at radius 2 is 2.07 bits per heavy atom. The molecule has 1 aromatic rings. The third-order valence-electron chi connectivity index (χ3n) is 1.86. The molecule has 0 aromatic carbocycles. The molecule has 5 nitrogen and oxygen atoms in total. The largest absolute Gasteiger partial charge is 0.480 e. The van der Waals surface area contributed by atoms with Gasteiger partial charge in [0.25, 0.3) is 0 Å². The van der Waals surface area contributed by atoms with Gasteiger partial charge in [0.15, 0.2) is 0 Å². The van der Waals surface area contributed by atoms with E-state index in [4.69, 9.17) is 9.47 Å². The molecule has 0 aliphatic carbocycles. The molecule has 78 valence electrons. The normalized spacial score (nSPS) is 9.93. The van der Waals surface area contributed by atoms with Crippen molar-refractivity contribution in [1.29, 1.82) is 0 Å². The summed E-state index contributed by atoms with van der Waals surface area (Å²) in [6.45, 7) is 0.866. The van der Waals surface area contributed by atoms with Crippen LogP contribution in [0, 0.1) is 0 Å². The van der Waals surface area contributed by atoms with Gasteiger partial charge in [0.05, 0.1) is 14.2 Å². The van der Waals surface area contributed by atoms with E-state index in [9.17, 15) is 0 Å². The number of hydrogen-bond acceptors (Lipinski definition) is 5. The van der Waals surface area contributed by atoms with Crippen LogP contribution < -0.4 is 14.8 Å². The van der Waals surface area contributed by atoms with E-state index in [0.29, 0.717) is 11.8 Å². The van der Waals surface area contributed by atoms with Crippen molar-refractivity contribution in [2.45, 2.75) is 6.42 Å². The van der Waals surface area contributed by atoms with Crippen LogP contribution in [-0.4, -0.2) is 38.0 Å². The van der Waals surface area contributed by atoms with Gasteiger partial charge < -0.3 is 14.8 Å². The Balaban J connectivity index is 2.84. The van der Waals surface area contributed by atoms with E-state index >= 15 is 0 Å². The van der Waals surface area contributed by atoms with Crippen LogP contribution in [0.5, 0.6) is 11.8 Å². The Bertz CT molecular complexity index is 291. The molecular formula is C9H15N3O2. The molecule has 0 saturated carbocycles. The fraction of sp³-hybridized carbons (Fsp3) is 0.556. The maximum absolute atomic E-state index is 5.08. The van der Waals surface area contributed by atoms with Crippen molar-refractivity contribution >= 4 is 0 Å². The summed E-state index contributed by atoms with van der Waals surface area (Å²) >= 11 is 0. The van der Waals surface area contributed by atoms with Gasteiger partial charge in [0.2, 0.25) is 11.8 Å². The monoisotopic (exact) mass is 197 g/mol.